The number of ether oxygens (including phenoxy) is 1. The minimum atomic E-state index is -0.0875. The maximum Gasteiger partial charge on any atom is 0.274 e. The number of aromatic nitrogens is 2. The Bertz CT molecular complexity index is 1210. The van der Waals surface area contributed by atoms with Gasteiger partial charge in [0.15, 0.2) is 5.69 Å². The van der Waals surface area contributed by atoms with Crippen LogP contribution in [0.15, 0.2) is 48.5 Å². The highest BCUT2D eigenvalue weighted by molar-refractivity contribution is 6.32. The fourth-order valence-electron chi connectivity index (χ4n) is 4.44. The van der Waals surface area contributed by atoms with Gasteiger partial charge in [0.1, 0.15) is 5.75 Å². The minimum absolute atomic E-state index is 0.0665. The number of halogens is 2. The van der Waals surface area contributed by atoms with E-state index < -0.39 is 0 Å². The van der Waals surface area contributed by atoms with E-state index in [1.54, 1.807) is 35.0 Å². The number of para-hydroxylation sites is 1. The summed E-state index contributed by atoms with van der Waals surface area (Å²) >= 11 is 12.7. The Balaban J connectivity index is 1.84. The Morgan fingerprint density at radius 2 is 1.89 bits per heavy atom. The van der Waals surface area contributed by atoms with Crippen LogP contribution in [0.1, 0.15) is 63.0 Å². The monoisotopic (exact) mass is 528 g/mol. The van der Waals surface area contributed by atoms with Crippen molar-refractivity contribution in [1.29, 1.82) is 0 Å². The van der Waals surface area contributed by atoms with Gasteiger partial charge in [0.2, 0.25) is 5.88 Å². The lowest BCUT2D eigenvalue weighted by molar-refractivity contribution is 0.0576. The highest BCUT2D eigenvalue weighted by atomic mass is 35.5. The Morgan fingerprint density at radius 3 is 2.56 bits per heavy atom. The molecule has 2 aromatic carbocycles. The molecule has 8 heteroatoms. The molecule has 0 radical (unpaired) electrons. The van der Waals surface area contributed by atoms with E-state index >= 15 is 0 Å². The van der Waals surface area contributed by atoms with E-state index in [9.17, 15) is 4.79 Å². The third-order valence-electron chi connectivity index (χ3n) is 6.68. The Hall–Kier alpha value is -2.54. The molecule has 1 atom stereocenters. The van der Waals surface area contributed by atoms with Gasteiger partial charge in [-0.25, -0.2) is 0 Å². The molecule has 1 amide bonds. The number of hydrogen-bond acceptors (Lipinski definition) is 4. The second-order valence-corrected chi connectivity index (χ2v) is 11.1. The van der Waals surface area contributed by atoms with Crippen LogP contribution in [0, 0.1) is 5.41 Å². The van der Waals surface area contributed by atoms with Gasteiger partial charge in [0.05, 0.1) is 16.3 Å². The first-order valence-corrected chi connectivity index (χ1v) is 13.3. The van der Waals surface area contributed by atoms with Crippen LogP contribution < -0.4 is 10.1 Å². The zero-order valence-electron chi connectivity index (χ0n) is 21.4. The molecule has 192 valence electrons. The van der Waals surface area contributed by atoms with Crippen LogP contribution in [0.4, 0.5) is 0 Å². The maximum atomic E-state index is 13.9. The largest absolute Gasteiger partial charge is 0.439 e. The van der Waals surface area contributed by atoms with Gasteiger partial charge in [0, 0.05) is 30.7 Å². The third-order valence-corrected chi connectivity index (χ3v) is 7.25. The number of nitrogens with one attached hydrogen (secondary N) is 1. The van der Waals surface area contributed by atoms with Gasteiger partial charge >= 0.3 is 0 Å². The second kappa shape index (κ2) is 11.2. The Morgan fingerprint density at radius 1 is 1.17 bits per heavy atom. The van der Waals surface area contributed by atoms with Crippen LogP contribution >= 0.6 is 23.2 Å². The van der Waals surface area contributed by atoms with Crippen molar-refractivity contribution in [3.63, 3.8) is 0 Å². The topological polar surface area (TPSA) is 59.4 Å². The van der Waals surface area contributed by atoms with Crippen LogP contribution in [0.3, 0.4) is 0 Å². The summed E-state index contributed by atoms with van der Waals surface area (Å²) in [5.41, 5.74) is 1.80. The minimum Gasteiger partial charge on any atom is -0.439 e. The molecule has 1 aliphatic rings. The van der Waals surface area contributed by atoms with Crippen molar-refractivity contribution in [3.05, 3.63) is 69.8 Å². The van der Waals surface area contributed by atoms with Crippen LogP contribution in [0.25, 0.3) is 5.69 Å². The predicted molar refractivity (Wildman–Crippen MR) is 146 cm³/mol. The lowest BCUT2D eigenvalue weighted by Crippen LogP contribution is -2.44. The molecule has 0 aliphatic carbocycles. The number of rotatable bonds is 8. The first-order chi connectivity index (χ1) is 17.2. The number of nitrogens with zero attached hydrogens (tertiary/aromatic N) is 3. The zero-order chi connectivity index (χ0) is 25.9. The summed E-state index contributed by atoms with van der Waals surface area (Å²) in [5.74, 6) is 0.965. The molecule has 0 spiro atoms. The van der Waals surface area contributed by atoms with Crippen LogP contribution in [0.2, 0.25) is 10.0 Å². The number of benzene rings is 2. The Kier molecular flexibility index (Phi) is 8.28. The van der Waals surface area contributed by atoms with E-state index in [0.717, 1.165) is 19.3 Å². The molecule has 1 unspecified atom stereocenters. The predicted octanol–water partition coefficient (Wildman–Crippen LogP) is 7.12. The van der Waals surface area contributed by atoms with Gasteiger partial charge < -0.3 is 15.0 Å². The average molecular weight is 530 g/mol. The summed E-state index contributed by atoms with van der Waals surface area (Å²) in [6.07, 6.45) is 3.02. The Labute approximate surface area is 223 Å². The quantitative estimate of drug-likeness (QED) is 0.338. The van der Waals surface area contributed by atoms with Crippen LogP contribution in [-0.2, 0) is 6.54 Å². The fourth-order valence-corrected chi connectivity index (χ4v) is 4.78. The number of likely N-dealkylation sites (tertiary alicyclic amines) is 1. The number of amides is 1. The summed E-state index contributed by atoms with van der Waals surface area (Å²) in [6.45, 7) is 10.5. The molecular weight excluding hydrogens is 495 g/mol. The summed E-state index contributed by atoms with van der Waals surface area (Å²) < 4.78 is 8.05. The highest BCUT2D eigenvalue weighted by Crippen LogP contribution is 2.35. The van der Waals surface area contributed by atoms with E-state index in [-0.39, 0.29) is 17.4 Å². The summed E-state index contributed by atoms with van der Waals surface area (Å²) in [4.78, 5) is 15.8. The molecule has 2 heterocycles. The van der Waals surface area contributed by atoms with Crippen molar-refractivity contribution in [3.8, 4) is 17.3 Å². The number of piperidine rings is 1. The van der Waals surface area contributed by atoms with Gasteiger partial charge in [-0.15, -0.1) is 0 Å². The maximum absolute atomic E-state index is 13.9. The smallest absolute Gasteiger partial charge is 0.274 e. The SMILES string of the molecule is CCC(C)NCc1c(C(=O)N2CCCC(C)(C)C2)nn(-c2ccccc2Cl)c1Oc1ccc(Cl)cc1. The molecule has 1 N–H and O–H groups in total. The average Bonchev–Trinajstić information content (AvgIpc) is 3.20. The van der Waals surface area contributed by atoms with E-state index in [1.807, 2.05) is 23.1 Å². The second-order valence-electron chi connectivity index (χ2n) is 10.2. The molecule has 3 aromatic rings. The van der Waals surface area contributed by atoms with E-state index in [0.29, 0.717) is 58.3 Å². The van der Waals surface area contributed by atoms with E-state index in [2.05, 4.69) is 33.0 Å². The van der Waals surface area contributed by atoms with Crippen LogP contribution in [0.5, 0.6) is 11.6 Å². The number of carbonyl (C=O) groups is 1. The summed E-state index contributed by atoms with van der Waals surface area (Å²) in [6, 6.07) is 14.8. The molecule has 0 bridgehead atoms. The molecule has 1 aliphatic heterocycles. The lowest BCUT2D eigenvalue weighted by Gasteiger charge is -2.37. The van der Waals surface area contributed by atoms with Crippen molar-refractivity contribution in [2.24, 2.45) is 5.41 Å². The van der Waals surface area contributed by atoms with Crippen molar-refractivity contribution < 1.29 is 9.53 Å². The molecule has 0 saturated carbocycles. The molecule has 1 saturated heterocycles. The highest BCUT2D eigenvalue weighted by Gasteiger charge is 2.34. The number of carbonyl (C=O) groups excluding carboxylic acids is 1. The van der Waals surface area contributed by atoms with Gasteiger partial charge in [-0.3, -0.25) is 4.79 Å². The van der Waals surface area contributed by atoms with E-state index in [4.69, 9.17) is 33.0 Å². The first-order valence-electron chi connectivity index (χ1n) is 12.5. The van der Waals surface area contributed by atoms with E-state index in [1.165, 1.54) is 0 Å². The molecule has 36 heavy (non-hydrogen) atoms. The zero-order valence-corrected chi connectivity index (χ0v) is 22.9. The lowest BCUT2D eigenvalue weighted by atomic mass is 9.84. The van der Waals surface area contributed by atoms with Crippen molar-refractivity contribution >= 4 is 29.1 Å². The van der Waals surface area contributed by atoms with Crippen molar-refractivity contribution in [2.75, 3.05) is 13.1 Å². The van der Waals surface area contributed by atoms with Gasteiger partial charge in [0.25, 0.3) is 5.91 Å². The molecule has 1 aromatic heterocycles. The molecular formula is C28H34Cl2N4O2. The summed E-state index contributed by atoms with van der Waals surface area (Å²) in [7, 11) is 0. The number of hydrogen-bond donors (Lipinski definition) is 1. The van der Waals surface area contributed by atoms with Gasteiger partial charge in [-0.05, 0) is 68.0 Å². The summed E-state index contributed by atoms with van der Waals surface area (Å²) in [5, 5.41) is 9.48. The van der Waals surface area contributed by atoms with Gasteiger partial charge in [-0.1, -0.05) is 56.1 Å². The fraction of sp³-hybridized carbons (Fsp3) is 0.429. The van der Waals surface area contributed by atoms with Gasteiger partial charge in [-0.2, -0.15) is 9.78 Å². The molecule has 1 fully saturated rings. The molecule has 4 rings (SSSR count). The molecule has 6 nitrogen and oxygen atoms in total. The standard InChI is InChI=1S/C28H34Cl2N4O2/c1-5-19(2)31-17-22-25(26(35)33-16-8-15-28(3,4)18-33)32-34(24-10-7-6-9-23(24)30)27(22)36-21-13-11-20(29)12-14-21/h6-7,9-14,19,31H,5,8,15-18H2,1-4H3. The normalized spacial score (nSPS) is 16.1. The third kappa shape index (κ3) is 6.05. The van der Waals surface area contributed by atoms with Crippen molar-refractivity contribution in [2.45, 2.75) is 59.5 Å². The van der Waals surface area contributed by atoms with Crippen LogP contribution in [-0.4, -0.2) is 39.7 Å². The van der Waals surface area contributed by atoms with Crippen molar-refractivity contribution in [1.82, 2.24) is 20.0 Å². The first kappa shape index (κ1) is 26.5.